The first kappa shape index (κ1) is 38.0. The van der Waals surface area contributed by atoms with E-state index in [9.17, 15) is 19.5 Å². The Morgan fingerprint density at radius 2 is 1.34 bits per heavy atom. The van der Waals surface area contributed by atoms with E-state index in [1.165, 1.54) is 0 Å². The molecule has 232 valence electrons. The van der Waals surface area contributed by atoms with Gasteiger partial charge in [0.2, 0.25) is 0 Å². The Kier molecular flexibility index (Phi) is 20.9. The van der Waals surface area contributed by atoms with E-state index in [1.807, 2.05) is 42.2 Å². The molecule has 0 bridgehead atoms. The number of carbonyl (C=O) groups is 3. The molecule has 1 unspecified atom stereocenters. The fourth-order valence-electron chi connectivity index (χ4n) is 4.92. The Balaban J connectivity index is 0.00000840. The van der Waals surface area contributed by atoms with Crippen molar-refractivity contribution < 1.29 is 59.4 Å². The van der Waals surface area contributed by atoms with Crippen molar-refractivity contribution in [1.29, 1.82) is 0 Å². The van der Waals surface area contributed by atoms with Gasteiger partial charge in [0.25, 0.3) is 5.91 Å². The summed E-state index contributed by atoms with van der Waals surface area (Å²) in [5.41, 5.74) is 0.673. The summed E-state index contributed by atoms with van der Waals surface area (Å²) in [6, 6.07) is 9.34. The van der Waals surface area contributed by atoms with Crippen LogP contribution in [0.15, 0.2) is 30.3 Å². The molecule has 1 aromatic carbocycles. The number of hydrogen-bond donors (Lipinski definition) is 2. The fraction of sp³-hybridized carbons (Fsp3) is 0.645. The number of carboxylic acid groups (broad SMARTS) is 1. The van der Waals surface area contributed by atoms with E-state index in [-0.39, 0.29) is 64.2 Å². The Morgan fingerprint density at radius 3 is 1.88 bits per heavy atom. The summed E-state index contributed by atoms with van der Waals surface area (Å²) in [5, 5.41) is 12.4. The number of hydrogen-bond acceptors (Lipinski definition) is 7. The number of unbranched alkanes of at least 4 members (excludes halogenated alkanes) is 2. The number of ketones is 1. The molecule has 10 heteroatoms. The van der Waals surface area contributed by atoms with Gasteiger partial charge in [-0.1, -0.05) is 31.0 Å². The zero-order chi connectivity index (χ0) is 29.2. The predicted octanol–water partition coefficient (Wildman–Crippen LogP) is 2.69. The predicted molar refractivity (Wildman–Crippen MR) is 160 cm³/mol. The van der Waals surface area contributed by atoms with E-state index in [4.69, 9.17) is 0 Å². The number of nitrogens with zero attached hydrogens (tertiary/aromatic N) is 4. The van der Waals surface area contributed by atoms with Gasteiger partial charge in [-0.25, -0.2) is 0 Å². The van der Waals surface area contributed by atoms with Crippen LogP contribution >= 0.6 is 0 Å². The molecule has 1 aliphatic rings. The zero-order valence-electron chi connectivity index (χ0n) is 24.9. The van der Waals surface area contributed by atoms with Gasteiger partial charge >= 0.3 is 45.9 Å². The second kappa shape index (κ2) is 22.5. The Morgan fingerprint density at radius 1 is 0.805 bits per heavy atom. The molecule has 1 fully saturated rings. The molecule has 0 radical (unpaired) electrons. The van der Waals surface area contributed by atoms with Gasteiger partial charge in [0, 0.05) is 83.3 Å². The summed E-state index contributed by atoms with van der Waals surface area (Å²) in [5.74, 6) is -0.583. The van der Waals surface area contributed by atoms with Crippen LogP contribution in [0.3, 0.4) is 0 Å². The Labute approximate surface area is 280 Å². The van der Waals surface area contributed by atoms with Crippen molar-refractivity contribution in [3.8, 4) is 0 Å². The van der Waals surface area contributed by atoms with Gasteiger partial charge in [-0.15, -0.1) is 13.1 Å². The van der Waals surface area contributed by atoms with E-state index < -0.39 is 5.97 Å². The molecule has 1 amide bonds. The van der Waals surface area contributed by atoms with Crippen molar-refractivity contribution in [2.24, 2.45) is 0 Å². The van der Waals surface area contributed by atoms with E-state index in [0.717, 1.165) is 71.5 Å². The van der Waals surface area contributed by atoms with Crippen LogP contribution in [0.25, 0.3) is 0 Å². The molecule has 9 nitrogen and oxygen atoms in total. The molecule has 0 aromatic heterocycles. The van der Waals surface area contributed by atoms with E-state index >= 15 is 0 Å². The molecule has 2 rings (SSSR count). The van der Waals surface area contributed by atoms with Gasteiger partial charge in [0.1, 0.15) is 5.78 Å². The Bertz CT molecular complexity index is 875. The van der Waals surface area contributed by atoms with Crippen molar-refractivity contribution in [2.45, 2.75) is 51.5 Å². The van der Waals surface area contributed by atoms with Gasteiger partial charge in [0.05, 0.1) is 6.54 Å². The van der Waals surface area contributed by atoms with Crippen LogP contribution in [0.5, 0.6) is 0 Å². The second-order valence-corrected chi connectivity index (χ2v) is 10.8. The van der Waals surface area contributed by atoms with Gasteiger partial charge in [-0.2, -0.15) is 0 Å². The molecule has 41 heavy (non-hydrogen) atoms. The molecule has 0 saturated carbocycles. The maximum absolute atomic E-state index is 12.7. The van der Waals surface area contributed by atoms with Crippen LogP contribution in [-0.2, 0) is 9.59 Å². The van der Waals surface area contributed by atoms with E-state index in [1.54, 1.807) is 0 Å². The molecule has 2 N–H and O–H groups in total. The van der Waals surface area contributed by atoms with Crippen molar-refractivity contribution in [3.63, 3.8) is 0 Å². The normalized spacial score (nSPS) is 17.5. The number of rotatable bonds is 15. The largest absolute Gasteiger partial charge is 2.00 e. The van der Waals surface area contributed by atoms with Crippen molar-refractivity contribution in [3.05, 3.63) is 49.7 Å². The van der Waals surface area contributed by atoms with Gasteiger partial charge in [-0.3, -0.25) is 19.3 Å². The minimum absolute atomic E-state index is 0. The van der Waals surface area contributed by atoms with E-state index in [2.05, 4.69) is 33.9 Å². The molecule has 1 aliphatic heterocycles. The van der Waals surface area contributed by atoms with Crippen LogP contribution in [0.4, 0.5) is 0 Å². The number of Topliss-reactive ketones (excluding diaryl/α,β-unsaturated/α-hetero) is 1. The van der Waals surface area contributed by atoms with Gasteiger partial charge in [0.15, 0.2) is 0 Å². The summed E-state index contributed by atoms with van der Waals surface area (Å²) in [4.78, 5) is 45.2. The minimum Gasteiger partial charge on any atom is -0.480 e. The number of amides is 1. The average Bonchev–Trinajstić information content (AvgIpc) is 2.94. The quantitative estimate of drug-likeness (QED) is 0.212. The number of carbonyl (C=O) groups excluding carboxylic acids is 2. The topological polar surface area (TPSA) is 96.4 Å². The number of carboxylic acids is 1. The summed E-state index contributed by atoms with van der Waals surface area (Å²) in [6.45, 7) is 18.7. The second-order valence-electron chi connectivity index (χ2n) is 10.8. The summed E-state index contributed by atoms with van der Waals surface area (Å²) in [7, 11) is 0. The number of aliphatic carboxylic acids is 1. The molecule has 1 heterocycles. The zero-order valence-corrected chi connectivity index (χ0v) is 27.2. The third kappa shape index (κ3) is 17.0. The molecule has 1 atom stereocenters. The maximum atomic E-state index is 12.7. The van der Waals surface area contributed by atoms with Crippen molar-refractivity contribution in [2.75, 3.05) is 78.5 Å². The molecular formula is C31H51GdN5O4. The fourth-order valence-corrected chi connectivity index (χ4v) is 4.92. The maximum Gasteiger partial charge on any atom is 2.00 e. The molecular weight excluding hydrogens is 664 g/mol. The number of benzene rings is 1. The molecule has 1 saturated heterocycles. The van der Waals surface area contributed by atoms with Crippen LogP contribution in [-0.4, -0.2) is 127 Å². The summed E-state index contributed by atoms with van der Waals surface area (Å²) < 4.78 is 0. The van der Waals surface area contributed by atoms with Crippen LogP contribution in [0, 0.1) is 53.8 Å². The monoisotopic (exact) mass is 715 g/mol. The Hall–Kier alpha value is -1.01. The SMILES string of the molecule is [CH2-]CN1CCN(C[CH2-])CCN(CC(=O)O)CCN(CCC(=O)CCCCCC(C)NC(=O)c2ccccc2)CC1.[Gd+2]. The molecule has 0 aliphatic carbocycles. The smallest absolute Gasteiger partial charge is 0.480 e. The van der Waals surface area contributed by atoms with Crippen LogP contribution in [0.1, 0.15) is 55.8 Å². The van der Waals surface area contributed by atoms with Crippen molar-refractivity contribution >= 4 is 17.7 Å². The average molecular weight is 715 g/mol. The number of nitrogens with one attached hydrogen (secondary N) is 1. The molecule has 1 aromatic rings. The molecule has 0 spiro atoms. The third-order valence-electron chi connectivity index (χ3n) is 7.63. The van der Waals surface area contributed by atoms with Crippen molar-refractivity contribution in [1.82, 2.24) is 24.9 Å². The van der Waals surface area contributed by atoms with Gasteiger partial charge < -0.3 is 39.0 Å². The first-order chi connectivity index (χ1) is 19.3. The van der Waals surface area contributed by atoms with Crippen LogP contribution in [0.2, 0.25) is 0 Å². The van der Waals surface area contributed by atoms with Crippen LogP contribution < -0.4 is 5.32 Å². The standard InChI is InChI=1S/C31H51N5O4.Gd/c1-4-33-18-19-34(5-2)21-24-36(26-30(38)39)25-23-35(22-20-33)17-16-29(37)15-11-6-8-12-27(3)32-31(40)28-13-9-7-10-14-28;/h7,9-10,13-14,27H,1-2,4-6,8,11-12,15-26H2,3H3,(H,32,40)(H,38,39);/q-2;+2. The third-order valence-corrected chi connectivity index (χ3v) is 7.63. The summed E-state index contributed by atoms with van der Waals surface area (Å²) in [6.07, 6.45) is 4.79. The van der Waals surface area contributed by atoms with E-state index in [0.29, 0.717) is 44.6 Å². The van der Waals surface area contributed by atoms with Gasteiger partial charge in [-0.05, 0) is 31.9 Å². The first-order valence-electron chi connectivity index (χ1n) is 14.9. The minimum atomic E-state index is -0.814. The summed E-state index contributed by atoms with van der Waals surface area (Å²) >= 11 is 0. The first-order valence-corrected chi connectivity index (χ1v) is 14.9.